The summed E-state index contributed by atoms with van der Waals surface area (Å²) in [6.45, 7) is 3.87. The number of ether oxygens (including phenoxy) is 2. The number of imidazole rings is 1. The Morgan fingerprint density at radius 3 is 2.17 bits per heavy atom. The molecule has 0 fully saturated rings. The van der Waals surface area contributed by atoms with Crippen LogP contribution in [-0.2, 0) is 25.6 Å². The molecule has 1 aromatic heterocycles. The third-order valence-corrected chi connectivity index (χ3v) is 4.53. The highest BCUT2D eigenvalue weighted by atomic mass is 16.6. The second-order valence-corrected chi connectivity index (χ2v) is 6.46. The normalized spacial score (nSPS) is 12.1. The zero-order valence-corrected chi connectivity index (χ0v) is 16.4. The van der Waals surface area contributed by atoms with Crippen LogP contribution in [0.2, 0.25) is 0 Å². The van der Waals surface area contributed by atoms with E-state index in [9.17, 15) is 14.7 Å². The van der Waals surface area contributed by atoms with Crippen molar-refractivity contribution in [3.8, 4) is 0 Å². The molecule has 152 valence electrons. The van der Waals surface area contributed by atoms with Crippen molar-refractivity contribution in [1.29, 1.82) is 0 Å². The van der Waals surface area contributed by atoms with E-state index in [-0.39, 0.29) is 19.0 Å². The zero-order chi connectivity index (χ0) is 20.8. The number of rotatable bonds is 8. The highest BCUT2D eigenvalue weighted by molar-refractivity contribution is 5.95. The highest BCUT2D eigenvalue weighted by Crippen LogP contribution is 2.28. The molecule has 0 aliphatic rings. The molecule has 0 saturated heterocycles. The van der Waals surface area contributed by atoms with E-state index >= 15 is 0 Å². The van der Waals surface area contributed by atoms with Crippen LogP contribution in [0.25, 0.3) is 11.0 Å². The first-order valence-corrected chi connectivity index (χ1v) is 9.57. The number of esters is 2. The molecule has 0 amide bonds. The summed E-state index contributed by atoms with van der Waals surface area (Å²) in [5.41, 5.74) is 2.44. The first kappa shape index (κ1) is 20.5. The molecule has 0 aliphatic heterocycles. The van der Waals surface area contributed by atoms with E-state index in [2.05, 4.69) is 4.98 Å². The summed E-state index contributed by atoms with van der Waals surface area (Å²) < 4.78 is 11.8. The molecule has 0 spiro atoms. The van der Waals surface area contributed by atoms with Crippen LogP contribution in [0.3, 0.4) is 0 Å². The van der Waals surface area contributed by atoms with E-state index in [1.807, 2.05) is 54.6 Å². The molecule has 0 saturated carbocycles. The van der Waals surface area contributed by atoms with E-state index in [4.69, 9.17) is 9.47 Å². The third-order valence-electron chi connectivity index (χ3n) is 4.53. The topological polar surface area (TPSA) is 90.7 Å². The lowest BCUT2D eigenvalue weighted by molar-refractivity contribution is -0.167. The standard InChI is InChI=1S/C22H24N2O5/c1-3-28-21(26)18(22(27)29-4-2)19(25)20-23-16-12-8-9-13-17(16)24(20)14-15-10-6-5-7-11-15/h5-13,18-19,25H,3-4,14H2,1-2H3/t19-/m0/s1. The largest absolute Gasteiger partial charge is 0.465 e. The van der Waals surface area contributed by atoms with Crippen molar-refractivity contribution in [2.24, 2.45) is 5.92 Å². The Labute approximate surface area is 168 Å². The summed E-state index contributed by atoms with van der Waals surface area (Å²) in [6.07, 6.45) is -1.51. The number of benzene rings is 2. The van der Waals surface area contributed by atoms with Gasteiger partial charge in [0.25, 0.3) is 0 Å². The summed E-state index contributed by atoms with van der Waals surface area (Å²) in [4.78, 5) is 29.4. The van der Waals surface area contributed by atoms with Crippen LogP contribution < -0.4 is 0 Å². The lowest BCUT2D eigenvalue weighted by Gasteiger charge is -2.20. The minimum absolute atomic E-state index is 0.0852. The number of fused-ring (bicyclic) bond motifs is 1. The molecule has 0 unspecified atom stereocenters. The Morgan fingerprint density at radius 1 is 0.966 bits per heavy atom. The number of aliphatic hydroxyl groups excluding tert-OH is 1. The van der Waals surface area contributed by atoms with Gasteiger partial charge in [-0.1, -0.05) is 42.5 Å². The van der Waals surface area contributed by atoms with E-state index < -0.39 is 24.0 Å². The number of carbonyl (C=O) groups excluding carboxylic acids is 2. The number of nitrogens with zero attached hydrogens (tertiary/aromatic N) is 2. The molecule has 7 nitrogen and oxygen atoms in total. The van der Waals surface area contributed by atoms with Crippen molar-refractivity contribution in [2.75, 3.05) is 13.2 Å². The molecule has 2 aromatic carbocycles. The maximum Gasteiger partial charge on any atom is 0.323 e. The van der Waals surface area contributed by atoms with E-state index in [1.54, 1.807) is 18.4 Å². The Kier molecular flexibility index (Phi) is 6.61. The molecule has 29 heavy (non-hydrogen) atoms. The summed E-state index contributed by atoms with van der Waals surface area (Å²) in [5, 5.41) is 11.0. The van der Waals surface area contributed by atoms with Gasteiger partial charge in [0.1, 0.15) is 11.9 Å². The lowest BCUT2D eigenvalue weighted by Crippen LogP contribution is -2.34. The first-order chi connectivity index (χ1) is 14.1. The monoisotopic (exact) mass is 396 g/mol. The van der Waals surface area contributed by atoms with E-state index in [1.165, 1.54) is 0 Å². The van der Waals surface area contributed by atoms with Crippen molar-refractivity contribution < 1.29 is 24.2 Å². The SMILES string of the molecule is CCOC(=O)C(C(=O)OCC)[C@H](O)c1nc2ccccc2n1Cc1ccccc1. The van der Waals surface area contributed by atoms with Crippen LogP contribution in [0.5, 0.6) is 0 Å². The van der Waals surface area contributed by atoms with Crippen LogP contribution in [-0.4, -0.2) is 39.8 Å². The maximum atomic E-state index is 12.4. The van der Waals surface area contributed by atoms with Crippen LogP contribution in [0, 0.1) is 5.92 Å². The molecule has 1 N–H and O–H groups in total. The number of para-hydroxylation sites is 2. The van der Waals surface area contributed by atoms with Gasteiger partial charge in [-0.05, 0) is 31.5 Å². The van der Waals surface area contributed by atoms with Crippen LogP contribution >= 0.6 is 0 Å². The number of carbonyl (C=O) groups is 2. The Morgan fingerprint density at radius 2 is 1.55 bits per heavy atom. The summed E-state index contributed by atoms with van der Waals surface area (Å²) in [6, 6.07) is 17.1. The van der Waals surface area contributed by atoms with Crippen molar-refractivity contribution in [3.05, 3.63) is 66.0 Å². The molecule has 0 bridgehead atoms. The second-order valence-electron chi connectivity index (χ2n) is 6.46. The third kappa shape index (κ3) is 4.46. The summed E-state index contributed by atoms with van der Waals surface area (Å²) in [7, 11) is 0. The van der Waals surface area contributed by atoms with Gasteiger partial charge in [-0.15, -0.1) is 0 Å². The fourth-order valence-electron chi connectivity index (χ4n) is 3.22. The fraction of sp³-hybridized carbons (Fsp3) is 0.318. The van der Waals surface area contributed by atoms with Crippen molar-refractivity contribution >= 4 is 23.0 Å². The van der Waals surface area contributed by atoms with Crippen LogP contribution in [0.15, 0.2) is 54.6 Å². The van der Waals surface area contributed by atoms with Crippen LogP contribution in [0.4, 0.5) is 0 Å². The quantitative estimate of drug-likeness (QED) is 0.465. The summed E-state index contributed by atoms with van der Waals surface area (Å²) in [5.74, 6) is -2.98. The molecule has 1 heterocycles. The Bertz CT molecular complexity index is 965. The maximum absolute atomic E-state index is 12.4. The zero-order valence-electron chi connectivity index (χ0n) is 16.4. The van der Waals surface area contributed by atoms with Gasteiger partial charge in [-0.3, -0.25) is 9.59 Å². The van der Waals surface area contributed by atoms with Gasteiger partial charge in [0.05, 0.1) is 24.2 Å². The van der Waals surface area contributed by atoms with Gasteiger partial charge in [0.2, 0.25) is 0 Å². The molecule has 0 radical (unpaired) electrons. The van der Waals surface area contributed by atoms with Gasteiger partial charge >= 0.3 is 11.9 Å². The molecular weight excluding hydrogens is 372 g/mol. The molecule has 3 rings (SSSR count). The Hall–Kier alpha value is -3.19. The summed E-state index contributed by atoms with van der Waals surface area (Å²) >= 11 is 0. The fourth-order valence-corrected chi connectivity index (χ4v) is 3.22. The second kappa shape index (κ2) is 9.34. The van der Waals surface area contributed by atoms with Gasteiger partial charge in [0.15, 0.2) is 5.92 Å². The minimum atomic E-state index is -1.51. The first-order valence-electron chi connectivity index (χ1n) is 9.57. The lowest BCUT2D eigenvalue weighted by atomic mass is 10.0. The van der Waals surface area contributed by atoms with Crippen molar-refractivity contribution in [2.45, 2.75) is 26.5 Å². The smallest absolute Gasteiger partial charge is 0.323 e. The van der Waals surface area contributed by atoms with Crippen LogP contribution in [0.1, 0.15) is 31.3 Å². The molecule has 3 aromatic rings. The average Bonchev–Trinajstić information content (AvgIpc) is 3.08. The number of aliphatic hydroxyl groups is 1. The predicted octanol–water partition coefficient (Wildman–Crippen LogP) is 2.86. The van der Waals surface area contributed by atoms with E-state index in [0.29, 0.717) is 12.1 Å². The number of hydrogen-bond donors (Lipinski definition) is 1. The van der Waals surface area contributed by atoms with Gasteiger partial charge in [-0.2, -0.15) is 0 Å². The highest BCUT2D eigenvalue weighted by Gasteiger charge is 2.40. The minimum Gasteiger partial charge on any atom is -0.465 e. The molecular formula is C22H24N2O5. The van der Waals surface area contributed by atoms with Gasteiger partial charge < -0.3 is 19.1 Å². The van der Waals surface area contributed by atoms with Gasteiger partial charge in [-0.25, -0.2) is 4.98 Å². The van der Waals surface area contributed by atoms with Gasteiger partial charge in [0, 0.05) is 6.54 Å². The molecule has 0 aliphatic carbocycles. The average molecular weight is 396 g/mol. The van der Waals surface area contributed by atoms with Crippen molar-refractivity contribution in [1.82, 2.24) is 9.55 Å². The van der Waals surface area contributed by atoms with E-state index in [0.717, 1.165) is 11.1 Å². The Balaban J connectivity index is 2.07. The molecule has 1 atom stereocenters. The van der Waals surface area contributed by atoms with Crippen molar-refractivity contribution in [3.63, 3.8) is 0 Å². The number of aromatic nitrogens is 2. The predicted molar refractivity (Wildman–Crippen MR) is 107 cm³/mol. The molecule has 7 heteroatoms. The number of hydrogen-bond acceptors (Lipinski definition) is 6.